The van der Waals surface area contributed by atoms with E-state index in [0.29, 0.717) is 5.92 Å². The molecule has 0 amide bonds. The smallest absolute Gasteiger partial charge is 0.126 e. The number of allylic oxidation sites excluding steroid dienone is 1. The molecule has 0 aliphatic heterocycles. The normalized spacial score (nSPS) is 29.9. The van der Waals surface area contributed by atoms with E-state index < -0.39 is 0 Å². The fourth-order valence-corrected chi connectivity index (χ4v) is 5.19. The molecule has 0 bridgehead atoms. The van der Waals surface area contributed by atoms with Crippen LogP contribution < -0.4 is 0 Å². The summed E-state index contributed by atoms with van der Waals surface area (Å²) in [5.41, 5.74) is 2.14. The van der Waals surface area contributed by atoms with Crippen LogP contribution in [0.25, 0.3) is 0 Å². The van der Waals surface area contributed by atoms with Gasteiger partial charge in [0.1, 0.15) is 5.82 Å². The van der Waals surface area contributed by atoms with Crippen LogP contribution in [0.3, 0.4) is 0 Å². The van der Waals surface area contributed by atoms with Gasteiger partial charge in [0, 0.05) is 0 Å². The topological polar surface area (TPSA) is 0 Å². The zero-order chi connectivity index (χ0) is 16.9. The molecule has 2 saturated carbocycles. The fourth-order valence-electron chi connectivity index (χ4n) is 5.19. The Kier molecular flexibility index (Phi) is 6.14. The van der Waals surface area contributed by atoms with Crippen LogP contribution in [-0.2, 0) is 6.42 Å². The predicted octanol–water partition coefficient (Wildman–Crippen LogP) is 7.04. The van der Waals surface area contributed by atoms with Crippen molar-refractivity contribution in [1.29, 1.82) is 0 Å². The minimum atomic E-state index is 0.0182. The lowest BCUT2D eigenvalue weighted by molar-refractivity contribution is 0.115. The molecular formula is C23H33F. The third kappa shape index (κ3) is 4.10. The van der Waals surface area contributed by atoms with E-state index >= 15 is 0 Å². The molecule has 4 unspecified atom stereocenters. The summed E-state index contributed by atoms with van der Waals surface area (Å²) < 4.78 is 14.3. The van der Waals surface area contributed by atoms with E-state index in [9.17, 15) is 4.39 Å². The van der Waals surface area contributed by atoms with E-state index in [1.54, 1.807) is 0 Å². The van der Waals surface area contributed by atoms with Crippen LogP contribution >= 0.6 is 0 Å². The van der Waals surface area contributed by atoms with E-state index in [-0.39, 0.29) is 5.82 Å². The van der Waals surface area contributed by atoms with Gasteiger partial charge in [0.05, 0.1) is 0 Å². The SMILES string of the molecule is C=CCCC1CCC2CC(c3ccc(CCC)c(F)c3)CCC2C1. The number of benzene rings is 1. The molecule has 0 nitrogen and oxygen atoms in total. The molecule has 1 heteroatoms. The van der Waals surface area contributed by atoms with E-state index in [2.05, 4.69) is 25.6 Å². The highest BCUT2D eigenvalue weighted by molar-refractivity contribution is 5.27. The van der Waals surface area contributed by atoms with Crippen molar-refractivity contribution >= 4 is 0 Å². The van der Waals surface area contributed by atoms with Crippen LogP contribution in [-0.4, -0.2) is 0 Å². The molecule has 2 aliphatic carbocycles. The standard InChI is InChI=1S/C23H33F/c1-3-5-7-17-8-9-20-15-21(13-12-19(20)14-17)22-11-10-18(6-4-2)23(24)16-22/h3,10-11,16-17,19-21H,1,4-9,12-15H2,2H3. The Morgan fingerprint density at radius 3 is 2.67 bits per heavy atom. The van der Waals surface area contributed by atoms with Gasteiger partial charge in [-0.3, -0.25) is 0 Å². The minimum absolute atomic E-state index is 0.0182. The maximum Gasteiger partial charge on any atom is 0.126 e. The Morgan fingerprint density at radius 1 is 1.12 bits per heavy atom. The average Bonchev–Trinajstić information content (AvgIpc) is 2.61. The van der Waals surface area contributed by atoms with Gasteiger partial charge >= 0.3 is 0 Å². The molecule has 2 fully saturated rings. The Hall–Kier alpha value is -1.11. The predicted molar refractivity (Wildman–Crippen MR) is 101 cm³/mol. The summed E-state index contributed by atoms with van der Waals surface area (Å²) >= 11 is 0. The van der Waals surface area contributed by atoms with E-state index in [1.165, 1.54) is 56.9 Å². The van der Waals surface area contributed by atoms with Gasteiger partial charge in [-0.05, 0) is 92.2 Å². The average molecular weight is 329 g/mol. The summed E-state index contributed by atoms with van der Waals surface area (Å²) in [6.07, 6.45) is 14.5. The van der Waals surface area contributed by atoms with Crippen molar-refractivity contribution in [2.45, 2.75) is 77.0 Å². The van der Waals surface area contributed by atoms with Crippen LogP contribution in [0, 0.1) is 23.6 Å². The zero-order valence-electron chi connectivity index (χ0n) is 15.3. The van der Waals surface area contributed by atoms with Gasteiger partial charge in [0.25, 0.3) is 0 Å². The molecule has 0 aromatic heterocycles. The van der Waals surface area contributed by atoms with Gasteiger partial charge in [-0.15, -0.1) is 6.58 Å². The summed E-state index contributed by atoms with van der Waals surface area (Å²) in [7, 11) is 0. The molecule has 0 radical (unpaired) electrons. The van der Waals surface area contributed by atoms with Gasteiger partial charge in [-0.1, -0.05) is 38.0 Å². The molecule has 24 heavy (non-hydrogen) atoms. The lowest BCUT2D eigenvalue weighted by Gasteiger charge is -2.42. The van der Waals surface area contributed by atoms with Crippen LogP contribution in [0.15, 0.2) is 30.9 Å². The lowest BCUT2D eigenvalue weighted by Crippen LogP contribution is -2.30. The number of aryl methyl sites for hydroxylation is 1. The molecule has 132 valence electrons. The molecule has 2 aliphatic rings. The number of fused-ring (bicyclic) bond motifs is 1. The fraction of sp³-hybridized carbons (Fsp3) is 0.652. The quantitative estimate of drug-likeness (QED) is 0.491. The third-order valence-corrected chi connectivity index (χ3v) is 6.57. The van der Waals surface area contributed by atoms with Crippen molar-refractivity contribution < 1.29 is 4.39 Å². The molecule has 0 saturated heterocycles. The van der Waals surface area contributed by atoms with Crippen molar-refractivity contribution in [2.24, 2.45) is 17.8 Å². The summed E-state index contributed by atoms with van der Waals surface area (Å²) in [4.78, 5) is 0. The summed E-state index contributed by atoms with van der Waals surface area (Å²) in [5, 5.41) is 0. The number of halogens is 1. The van der Waals surface area contributed by atoms with Crippen LogP contribution in [0.5, 0.6) is 0 Å². The Morgan fingerprint density at radius 2 is 1.92 bits per heavy atom. The molecule has 0 heterocycles. The molecule has 3 rings (SSSR count). The maximum absolute atomic E-state index is 14.3. The van der Waals surface area contributed by atoms with Crippen molar-refractivity contribution in [3.05, 3.63) is 47.8 Å². The van der Waals surface area contributed by atoms with E-state index in [1.807, 2.05) is 12.1 Å². The van der Waals surface area contributed by atoms with E-state index in [4.69, 9.17) is 0 Å². The molecule has 1 aromatic carbocycles. The Labute approximate surface area is 147 Å². The second-order valence-corrected chi connectivity index (χ2v) is 8.18. The van der Waals surface area contributed by atoms with Gasteiger partial charge < -0.3 is 0 Å². The highest BCUT2D eigenvalue weighted by Crippen LogP contribution is 2.48. The molecule has 4 atom stereocenters. The largest absolute Gasteiger partial charge is 0.207 e. The molecule has 0 N–H and O–H groups in total. The van der Waals surface area contributed by atoms with Crippen LogP contribution in [0.2, 0.25) is 0 Å². The lowest BCUT2D eigenvalue weighted by atomic mass is 9.63. The van der Waals surface area contributed by atoms with Crippen molar-refractivity contribution in [1.82, 2.24) is 0 Å². The Bertz CT molecular complexity index is 547. The summed E-state index contributed by atoms with van der Waals surface area (Å²) in [5.74, 6) is 3.33. The second kappa shape index (κ2) is 8.32. The zero-order valence-corrected chi connectivity index (χ0v) is 15.3. The first-order valence-corrected chi connectivity index (χ1v) is 10.1. The van der Waals surface area contributed by atoms with Crippen LogP contribution in [0.4, 0.5) is 4.39 Å². The van der Waals surface area contributed by atoms with Gasteiger partial charge in [-0.2, -0.15) is 0 Å². The maximum atomic E-state index is 14.3. The minimum Gasteiger partial charge on any atom is -0.207 e. The third-order valence-electron chi connectivity index (χ3n) is 6.57. The highest BCUT2D eigenvalue weighted by Gasteiger charge is 2.35. The highest BCUT2D eigenvalue weighted by atomic mass is 19.1. The second-order valence-electron chi connectivity index (χ2n) is 8.18. The Balaban J connectivity index is 1.60. The van der Waals surface area contributed by atoms with Crippen molar-refractivity contribution in [3.63, 3.8) is 0 Å². The first-order valence-electron chi connectivity index (χ1n) is 10.1. The van der Waals surface area contributed by atoms with Gasteiger partial charge in [0.15, 0.2) is 0 Å². The molecule has 0 spiro atoms. The van der Waals surface area contributed by atoms with Gasteiger partial charge in [-0.25, -0.2) is 4.39 Å². The van der Waals surface area contributed by atoms with Gasteiger partial charge in [0.2, 0.25) is 0 Å². The number of hydrogen-bond acceptors (Lipinski definition) is 0. The van der Waals surface area contributed by atoms with E-state index in [0.717, 1.165) is 36.2 Å². The first-order chi connectivity index (χ1) is 11.7. The molecule has 1 aromatic rings. The molecular weight excluding hydrogens is 295 g/mol. The van der Waals surface area contributed by atoms with Crippen molar-refractivity contribution in [2.75, 3.05) is 0 Å². The summed E-state index contributed by atoms with van der Waals surface area (Å²) in [6.45, 7) is 5.98. The number of hydrogen-bond donors (Lipinski definition) is 0. The van der Waals surface area contributed by atoms with Crippen LogP contribution in [0.1, 0.15) is 81.8 Å². The first kappa shape index (κ1) is 17.7. The monoisotopic (exact) mass is 328 g/mol. The van der Waals surface area contributed by atoms with Crippen molar-refractivity contribution in [3.8, 4) is 0 Å². The summed E-state index contributed by atoms with van der Waals surface area (Å²) in [6, 6.07) is 6.08. The number of rotatable bonds is 6.